The Morgan fingerprint density at radius 1 is 1.07 bits per heavy atom. The molecule has 0 radical (unpaired) electrons. The monoisotopic (exact) mass is 398 g/mol. The van der Waals surface area contributed by atoms with Crippen molar-refractivity contribution in [3.05, 3.63) is 53.6 Å². The van der Waals surface area contributed by atoms with Crippen LogP contribution in [0, 0.1) is 6.92 Å². The third-order valence-corrected chi connectivity index (χ3v) is 5.10. The Kier molecular flexibility index (Phi) is 7.79. The van der Waals surface area contributed by atoms with Crippen molar-refractivity contribution in [3.8, 4) is 5.75 Å². The number of anilines is 2. The minimum Gasteiger partial charge on any atom is -0.497 e. The van der Waals surface area contributed by atoms with Crippen LogP contribution in [-0.2, 0) is 9.59 Å². The van der Waals surface area contributed by atoms with Gasteiger partial charge in [0, 0.05) is 17.4 Å². The van der Waals surface area contributed by atoms with Crippen molar-refractivity contribution in [2.75, 3.05) is 31.3 Å². The maximum atomic E-state index is 12.8. The third-order valence-electron chi connectivity index (χ3n) is 5.10. The average Bonchev–Trinajstić information content (AvgIpc) is 2.68. The lowest BCUT2D eigenvalue weighted by Gasteiger charge is -2.22. The van der Waals surface area contributed by atoms with Crippen LogP contribution in [0.25, 0.3) is 0 Å². The molecule has 0 bridgehead atoms. The number of likely N-dealkylation sites (N-methyl/N-ethyl adjacent to an activating group) is 1. The van der Waals surface area contributed by atoms with Gasteiger partial charge in [0.2, 0.25) is 0 Å². The summed E-state index contributed by atoms with van der Waals surface area (Å²) in [4.78, 5) is 26.0. The Hall–Kier alpha value is -2.86. The van der Waals surface area contributed by atoms with E-state index in [1.54, 1.807) is 19.2 Å². The SMILES string of the molecule is COc1cccc(NC(=O)C[NH+](C)[C@@H](C)C(=O)Nc2c(C)cccc2C(C)C)c1. The standard InChI is InChI=1S/C23H31N3O3/c1-15(2)20-12-7-9-16(3)22(20)25-23(28)17(4)26(5)14-21(27)24-18-10-8-11-19(13-18)29-6/h7-13,15,17H,14H2,1-6H3,(H,24,27)(H,25,28)/p+1/t17-/m0/s1. The number of nitrogens with one attached hydrogen (secondary N) is 3. The van der Waals surface area contributed by atoms with E-state index in [4.69, 9.17) is 4.74 Å². The molecule has 156 valence electrons. The molecule has 1 unspecified atom stereocenters. The number of ether oxygens (including phenoxy) is 1. The molecule has 0 saturated heterocycles. The molecule has 29 heavy (non-hydrogen) atoms. The predicted molar refractivity (Wildman–Crippen MR) is 117 cm³/mol. The van der Waals surface area contributed by atoms with Gasteiger partial charge < -0.3 is 20.3 Å². The van der Waals surface area contributed by atoms with Crippen LogP contribution in [0.1, 0.15) is 37.8 Å². The molecule has 2 atom stereocenters. The minimum atomic E-state index is -0.384. The minimum absolute atomic E-state index is 0.104. The quantitative estimate of drug-likeness (QED) is 0.640. The molecule has 6 heteroatoms. The van der Waals surface area contributed by atoms with Gasteiger partial charge in [-0.05, 0) is 43.0 Å². The molecule has 0 aliphatic heterocycles. The topological polar surface area (TPSA) is 71.9 Å². The molecule has 3 N–H and O–H groups in total. The van der Waals surface area contributed by atoms with Crippen molar-refractivity contribution in [3.63, 3.8) is 0 Å². The number of quaternary nitrogens is 1. The van der Waals surface area contributed by atoms with Crippen molar-refractivity contribution in [1.82, 2.24) is 0 Å². The fraction of sp³-hybridized carbons (Fsp3) is 0.391. The molecule has 0 heterocycles. The van der Waals surface area contributed by atoms with Crippen LogP contribution >= 0.6 is 0 Å². The summed E-state index contributed by atoms with van der Waals surface area (Å²) >= 11 is 0. The second-order valence-electron chi connectivity index (χ2n) is 7.71. The number of hydrogen-bond donors (Lipinski definition) is 3. The molecule has 0 saturated carbocycles. The zero-order valence-corrected chi connectivity index (χ0v) is 18.1. The van der Waals surface area contributed by atoms with Gasteiger partial charge in [-0.2, -0.15) is 0 Å². The fourth-order valence-electron chi connectivity index (χ4n) is 3.11. The van der Waals surface area contributed by atoms with Crippen molar-refractivity contribution in [2.24, 2.45) is 0 Å². The number of rotatable bonds is 8. The van der Waals surface area contributed by atoms with Crippen LogP contribution in [0.5, 0.6) is 5.75 Å². The van der Waals surface area contributed by atoms with Crippen molar-refractivity contribution in [2.45, 2.75) is 39.7 Å². The first-order valence-electron chi connectivity index (χ1n) is 9.89. The van der Waals surface area contributed by atoms with E-state index >= 15 is 0 Å². The normalized spacial score (nSPS) is 12.9. The maximum absolute atomic E-state index is 12.8. The van der Waals surface area contributed by atoms with Gasteiger partial charge in [-0.15, -0.1) is 0 Å². The summed E-state index contributed by atoms with van der Waals surface area (Å²) in [7, 11) is 3.43. The van der Waals surface area contributed by atoms with E-state index in [9.17, 15) is 9.59 Å². The van der Waals surface area contributed by atoms with Crippen LogP contribution in [0.2, 0.25) is 0 Å². The summed E-state index contributed by atoms with van der Waals surface area (Å²) in [5.74, 6) is 0.719. The molecule has 0 spiro atoms. The lowest BCUT2D eigenvalue weighted by molar-refractivity contribution is -0.885. The molecule has 2 amide bonds. The number of benzene rings is 2. The van der Waals surface area contributed by atoms with E-state index in [1.165, 1.54) is 0 Å². The number of para-hydroxylation sites is 1. The predicted octanol–water partition coefficient (Wildman–Crippen LogP) is 2.61. The van der Waals surface area contributed by atoms with E-state index < -0.39 is 0 Å². The lowest BCUT2D eigenvalue weighted by atomic mass is 9.98. The molecule has 0 fully saturated rings. The van der Waals surface area contributed by atoms with Gasteiger partial charge >= 0.3 is 0 Å². The van der Waals surface area contributed by atoms with Gasteiger partial charge in [-0.25, -0.2) is 0 Å². The Labute approximate surface area is 173 Å². The largest absolute Gasteiger partial charge is 0.497 e. The van der Waals surface area contributed by atoms with E-state index in [2.05, 4.69) is 24.5 Å². The highest BCUT2D eigenvalue weighted by Crippen LogP contribution is 2.27. The van der Waals surface area contributed by atoms with E-state index in [-0.39, 0.29) is 24.4 Å². The van der Waals surface area contributed by atoms with Crippen molar-refractivity contribution in [1.29, 1.82) is 0 Å². The molecular formula is C23H32N3O3+. The Bertz CT molecular complexity index is 864. The number of carbonyl (C=O) groups excluding carboxylic acids is 2. The number of hydrogen-bond acceptors (Lipinski definition) is 3. The first kappa shape index (κ1) is 22.4. The molecule has 0 aliphatic rings. The molecule has 2 rings (SSSR count). The van der Waals surface area contributed by atoms with E-state index in [0.717, 1.165) is 21.7 Å². The van der Waals surface area contributed by atoms with Crippen LogP contribution in [0.3, 0.4) is 0 Å². The summed E-state index contributed by atoms with van der Waals surface area (Å²) in [6, 6.07) is 12.8. The number of methoxy groups -OCH3 is 1. The van der Waals surface area contributed by atoms with Crippen molar-refractivity contribution >= 4 is 23.2 Å². The summed E-state index contributed by atoms with van der Waals surface area (Å²) in [5.41, 5.74) is 3.68. The summed E-state index contributed by atoms with van der Waals surface area (Å²) < 4.78 is 5.17. The maximum Gasteiger partial charge on any atom is 0.282 e. The zero-order valence-electron chi connectivity index (χ0n) is 18.1. The highest BCUT2D eigenvalue weighted by Gasteiger charge is 2.25. The molecular weight excluding hydrogens is 366 g/mol. The van der Waals surface area contributed by atoms with Gasteiger partial charge in [-0.3, -0.25) is 9.59 Å². The second-order valence-corrected chi connectivity index (χ2v) is 7.71. The number of amides is 2. The van der Waals surface area contributed by atoms with E-state index in [0.29, 0.717) is 17.4 Å². The van der Waals surface area contributed by atoms with Gasteiger partial charge in [0.25, 0.3) is 11.8 Å². The zero-order chi connectivity index (χ0) is 21.6. The Morgan fingerprint density at radius 3 is 2.41 bits per heavy atom. The number of carbonyl (C=O) groups is 2. The van der Waals surface area contributed by atoms with Gasteiger partial charge in [0.05, 0.1) is 14.2 Å². The second kappa shape index (κ2) is 10.1. The summed E-state index contributed by atoms with van der Waals surface area (Å²) in [6.07, 6.45) is 0. The highest BCUT2D eigenvalue weighted by molar-refractivity contribution is 5.96. The molecule has 2 aromatic rings. The summed E-state index contributed by atoms with van der Waals surface area (Å²) in [5, 5.41) is 5.92. The molecule has 0 aliphatic carbocycles. The van der Waals surface area contributed by atoms with Crippen LogP contribution in [0.4, 0.5) is 11.4 Å². The van der Waals surface area contributed by atoms with Crippen LogP contribution in [-0.4, -0.2) is 38.6 Å². The molecule has 6 nitrogen and oxygen atoms in total. The Balaban J connectivity index is 2.00. The van der Waals surface area contributed by atoms with E-state index in [1.807, 2.05) is 51.2 Å². The molecule has 0 aromatic heterocycles. The Morgan fingerprint density at radius 2 is 1.76 bits per heavy atom. The first-order chi connectivity index (χ1) is 13.7. The summed E-state index contributed by atoms with van der Waals surface area (Å²) in [6.45, 7) is 8.21. The van der Waals surface area contributed by atoms with Crippen molar-refractivity contribution < 1.29 is 19.2 Å². The fourth-order valence-corrected chi connectivity index (χ4v) is 3.11. The molecule has 2 aromatic carbocycles. The smallest absolute Gasteiger partial charge is 0.282 e. The third kappa shape index (κ3) is 6.06. The van der Waals surface area contributed by atoms with Crippen LogP contribution in [0.15, 0.2) is 42.5 Å². The average molecular weight is 399 g/mol. The highest BCUT2D eigenvalue weighted by atomic mass is 16.5. The van der Waals surface area contributed by atoms with Gasteiger partial charge in [-0.1, -0.05) is 38.1 Å². The first-order valence-corrected chi connectivity index (χ1v) is 9.89. The number of aryl methyl sites for hydroxylation is 1. The van der Waals surface area contributed by atoms with Crippen LogP contribution < -0.4 is 20.3 Å². The van der Waals surface area contributed by atoms with Gasteiger partial charge in [0.15, 0.2) is 12.6 Å². The lowest BCUT2D eigenvalue weighted by Crippen LogP contribution is -3.14. The van der Waals surface area contributed by atoms with Gasteiger partial charge in [0.1, 0.15) is 5.75 Å².